The Morgan fingerprint density at radius 3 is 2.58 bits per heavy atom. The van der Waals surface area contributed by atoms with E-state index in [1.165, 1.54) is 11.1 Å². The van der Waals surface area contributed by atoms with Gasteiger partial charge >= 0.3 is 0 Å². The van der Waals surface area contributed by atoms with Crippen molar-refractivity contribution in [3.63, 3.8) is 0 Å². The van der Waals surface area contributed by atoms with Crippen LogP contribution in [0, 0.1) is 25.2 Å². The number of aromatic nitrogens is 4. The summed E-state index contributed by atoms with van der Waals surface area (Å²) in [5.41, 5.74) is 4.45. The third-order valence-corrected chi connectivity index (χ3v) is 4.70. The number of hydrogen-bond donors (Lipinski definition) is 0. The highest BCUT2D eigenvalue weighted by atomic mass is 32.2. The summed E-state index contributed by atoms with van der Waals surface area (Å²) in [7, 11) is 0. The second-order valence-electron chi connectivity index (χ2n) is 5.40. The van der Waals surface area contributed by atoms with Crippen molar-refractivity contribution in [1.29, 1.82) is 5.26 Å². The molecule has 0 saturated carbocycles. The van der Waals surface area contributed by atoms with Crippen molar-refractivity contribution in [2.45, 2.75) is 25.4 Å². The van der Waals surface area contributed by atoms with Crippen LogP contribution in [0.2, 0.25) is 0 Å². The van der Waals surface area contributed by atoms with Crippen molar-refractivity contribution in [1.82, 2.24) is 19.7 Å². The van der Waals surface area contributed by atoms with E-state index in [-0.39, 0.29) is 0 Å². The molecule has 3 rings (SSSR count). The molecule has 2 heterocycles. The smallest absolute Gasteiger partial charge is 0.196 e. The molecule has 0 amide bonds. The van der Waals surface area contributed by atoms with Crippen LogP contribution in [0.1, 0.15) is 17.5 Å². The fourth-order valence-corrected chi connectivity index (χ4v) is 3.13. The van der Waals surface area contributed by atoms with Crippen LogP contribution in [-0.4, -0.2) is 25.5 Å². The summed E-state index contributed by atoms with van der Waals surface area (Å²) >= 11 is 1.54. The highest BCUT2D eigenvalue weighted by Crippen LogP contribution is 2.28. The molecule has 0 fully saturated rings. The number of pyridine rings is 1. The standard InChI is InChI=1S/C18H17N5S/c1-13-4-5-16(12-14(13)2)23-17(15-6-9-20-10-7-15)21-22-18(23)24-11-3-8-19/h4-7,9-10,12H,3,11H2,1-2H3. The lowest BCUT2D eigenvalue weighted by atomic mass is 10.1. The SMILES string of the molecule is Cc1ccc(-n2c(SCCC#N)nnc2-c2ccncc2)cc1C. The first-order valence-electron chi connectivity index (χ1n) is 7.64. The summed E-state index contributed by atoms with van der Waals surface area (Å²) in [6.45, 7) is 4.19. The Morgan fingerprint density at radius 1 is 1.08 bits per heavy atom. The Balaban J connectivity index is 2.10. The molecule has 0 aliphatic heterocycles. The number of nitriles is 1. The van der Waals surface area contributed by atoms with Crippen molar-refractivity contribution >= 4 is 11.8 Å². The van der Waals surface area contributed by atoms with Gasteiger partial charge in [-0.15, -0.1) is 10.2 Å². The number of nitrogens with zero attached hydrogens (tertiary/aromatic N) is 5. The van der Waals surface area contributed by atoms with Gasteiger partial charge in [0.2, 0.25) is 0 Å². The van der Waals surface area contributed by atoms with Gasteiger partial charge in [-0.2, -0.15) is 5.26 Å². The summed E-state index contributed by atoms with van der Waals surface area (Å²) in [6, 6.07) is 12.3. The number of aryl methyl sites for hydroxylation is 2. The predicted octanol–water partition coefficient (Wildman–Crippen LogP) is 3.95. The van der Waals surface area contributed by atoms with E-state index in [0.29, 0.717) is 12.2 Å². The normalized spacial score (nSPS) is 10.5. The van der Waals surface area contributed by atoms with Gasteiger partial charge in [-0.1, -0.05) is 17.8 Å². The number of hydrogen-bond acceptors (Lipinski definition) is 5. The molecular weight excluding hydrogens is 318 g/mol. The topological polar surface area (TPSA) is 67.4 Å². The van der Waals surface area contributed by atoms with E-state index in [4.69, 9.17) is 5.26 Å². The van der Waals surface area contributed by atoms with Crippen LogP contribution >= 0.6 is 11.8 Å². The van der Waals surface area contributed by atoms with Gasteiger partial charge in [-0.05, 0) is 49.2 Å². The highest BCUT2D eigenvalue weighted by molar-refractivity contribution is 7.99. The van der Waals surface area contributed by atoms with Gasteiger partial charge in [-0.25, -0.2) is 0 Å². The van der Waals surface area contributed by atoms with Crippen molar-refractivity contribution in [2.75, 3.05) is 5.75 Å². The van der Waals surface area contributed by atoms with Crippen LogP contribution in [0.15, 0.2) is 47.9 Å². The number of rotatable bonds is 5. The van der Waals surface area contributed by atoms with Crippen molar-refractivity contribution in [3.8, 4) is 23.1 Å². The predicted molar refractivity (Wildman–Crippen MR) is 95.0 cm³/mol. The zero-order valence-corrected chi connectivity index (χ0v) is 14.4. The largest absolute Gasteiger partial charge is 0.270 e. The average molecular weight is 335 g/mol. The van der Waals surface area contributed by atoms with E-state index in [2.05, 4.69) is 53.3 Å². The van der Waals surface area contributed by atoms with Gasteiger partial charge < -0.3 is 0 Å². The monoisotopic (exact) mass is 335 g/mol. The Bertz CT molecular complexity index is 880. The third-order valence-electron chi connectivity index (χ3n) is 3.77. The van der Waals surface area contributed by atoms with E-state index in [0.717, 1.165) is 22.2 Å². The molecule has 0 N–H and O–H groups in total. The second kappa shape index (κ2) is 7.28. The molecule has 3 aromatic rings. The summed E-state index contributed by atoms with van der Waals surface area (Å²) in [5, 5.41) is 18.3. The van der Waals surface area contributed by atoms with E-state index >= 15 is 0 Å². The van der Waals surface area contributed by atoms with Gasteiger partial charge in [0.05, 0.1) is 11.8 Å². The number of thioether (sulfide) groups is 1. The summed E-state index contributed by atoms with van der Waals surface area (Å²) in [6.07, 6.45) is 3.98. The minimum Gasteiger partial charge on any atom is -0.270 e. The highest BCUT2D eigenvalue weighted by Gasteiger charge is 2.16. The van der Waals surface area contributed by atoms with Crippen molar-refractivity contribution < 1.29 is 0 Å². The summed E-state index contributed by atoms with van der Waals surface area (Å²) < 4.78 is 2.05. The average Bonchev–Trinajstić information content (AvgIpc) is 3.02. The van der Waals surface area contributed by atoms with Crippen LogP contribution in [0.4, 0.5) is 0 Å². The molecule has 0 bridgehead atoms. The molecule has 0 saturated heterocycles. The molecule has 120 valence electrons. The van der Waals surface area contributed by atoms with Gasteiger partial charge in [-0.3, -0.25) is 9.55 Å². The molecule has 0 radical (unpaired) electrons. The number of benzene rings is 1. The fraction of sp³-hybridized carbons (Fsp3) is 0.222. The Labute approximate surface area is 145 Å². The Hall–Kier alpha value is -2.65. The maximum atomic E-state index is 8.77. The maximum absolute atomic E-state index is 8.77. The summed E-state index contributed by atoms with van der Waals surface area (Å²) in [5.74, 6) is 1.47. The second-order valence-corrected chi connectivity index (χ2v) is 6.46. The fourth-order valence-electron chi connectivity index (χ4n) is 2.34. The maximum Gasteiger partial charge on any atom is 0.196 e. The lowest BCUT2D eigenvalue weighted by Gasteiger charge is -2.12. The molecule has 0 aliphatic rings. The van der Waals surface area contributed by atoms with Gasteiger partial charge in [0, 0.05) is 30.1 Å². The van der Waals surface area contributed by atoms with E-state index < -0.39 is 0 Å². The molecule has 1 aromatic carbocycles. The van der Waals surface area contributed by atoms with Crippen molar-refractivity contribution in [2.24, 2.45) is 0 Å². The minimum absolute atomic E-state index is 0.481. The van der Waals surface area contributed by atoms with E-state index in [1.807, 2.05) is 16.7 Å². The van der Waals surface area contributed by atoms with E-state index in [1.54, 1.807) is 24.2 Å². The molecule has 2 aromatic heterocycles. The van der Waals surface area contributed by atoms with Crippen LogP contribution in [-0.2, 0) is 0 Å². The first kappa shape index (κ1) is 16.2. The molecule has 5 nitrogen and oxygen atoms in total. The van der Waals surface area contributed by atoms with Gasteiger partial charge in [0.15, 0.2) is 11.0 Å². The first-order valence-corrected chi connectivity index (χ1v) is 8.62. The molecular formula is C18H17N5S. The van der Waals surface area contributed by atoms with Crippen molar-refractivity contribution in [3.05, 3.63) is 53.9 Å². The first-order chi connectivity index (χ1) is 11.7. The Kier molecular flexibility index (Phi) is 4.92. The van der Waals surface area contributed by atoms with Crippen LogP contribution in [0.5, 0.6) is 0 Å². The molecule has 0 spiro atoms. The van der Waals surface area contributed by atoms with Crippen LogP contribution < -0.4 is 0 Å². The molecule has 0 unspecified atom stereocenters. The van der Waals surface area contributed by atoms with Crippen LogP contribution in [0.3, 0.4) is 0 Å². The lowest BCUT2D eigenvalue weighted by Crippen LogP contribution is -2.01. The molecule has 24 heavy (non-hydrogen) atoms. The summed E-state index contributed by atoms with van der Waals surface area (Å²) in [4.78, 5) is 4.07. The zero-order valence-electron chi connectivity index (χ0n) is 13.6. The van der Waals surface area contributed by atoms with Crippen LogP contribution in [0.25, 0.3) is 17.1 Å². The van der Waals surface area contributed by atoms with Gasteiger partial charge in [0.1, 0.15) is 0 Å². The Morgan fingerprint density at radius 2 is 1.88 bits per heavy atom. The third kappa shape index (κ3) is 3.31. The molecule has 0 aliphatic carbocycles. The quantitative estimate of drug-likeness (QED) is 0.521. The van der Waals surface area contributed by atoms with Gasteiger partial charge in [0.25, 0.3) is 0 Å². The minimum atomic E-state index is 0.481. The molecule has 6 heteroatoms. The van der Waals surface area contributed by atoms with E-state index in [9.17, 15) is 0 Å². The molecule has 0 atom stereocenters. The lowest BCUT2D eigenvalue weighted by molar-refractivity contribution is 0.884. The zero-order chi connectivity index (χ0) is 16.9.